The smallest absolute Gasteiger partial charge is 0.234 e. The second-order valence-corrected chi connectivity index (χ2v) is 7.14. The number of thioether (sulfide) groups is 1. The topological polar surface area (TPSA) is 64.1 Å². The van der Waals surface area contributed by atoms with Crippen LogP contribution in [0, 0.1) is 6.92 Å². The highest BCUT2D eigenvalue weighted by Gasteiger charge is 2.09. The number of benzene rings is 2. The number of nitrogens with one attached hydrogen (secondary N) is 1. The van der Waals surface area contributed by atoms with Crippen LogP contribution in [0.4, 0.5) is 5.69 Å². The molecule has 7 heteroatoms. The fourth-order valence-electron chi connectivity index (χ4n) is 2.38. The highest BCUT2D eigenvalue weighted by Crippen LogP contribution is 2.24. The number of ether oxygens (including phenoxy) is 1. The summed E-state index contributed by atoms with van der Waals surface area (Å²) < 4.78 is 5.15. The summed E-state index contributed by atoms with van der Waals surface area (Å²) in [5, 5.41) is 12.6. The summed E-state index contributed by atoms with van der Waals surface area (Å²) >= 11 is 7.40. The van der Waals surface area contributed by atoms with Crippen LogP contribution < -0.4 is 10.1 Å². The number of hydrogen-bond acceptors (Lipinski definition) is 5. The maximum absolute atomic E-state index is 12.2. The van der Waals surface area contributed by atoms with E-state index in [4.69, 9.17) is 16.3 Å². The number of methoxy groups -OCH3 is 1. The van der Waals surface area contributed by atoms with Crippen molar-refractivity contribution in [2.75, 3.05) is 18.2 Å². The highest BCUT2D eigenvalue weighted by molar-refractivity contribution is 7.99. The minimum Gasteiger partial charge on any atom is -0.497 e. The molecule has 3 aromatic rings. The number of anilines is 1. The number of nitrogens with zero attached hydrogens (tertiary/aromatic N) is 2. The van der Waals surface area contributed by atoms with Crippen LogP contribution in [-0.2, 0) is 4.79 Å². The van der Waals surface area contributed by atoms with Crippen LogP contribution in [-0.4, -0.2) is 29.0 Å². The average Bonchev–Trinajstić information content (AvgIpc) is 2.70. The third kappa shape index (κ3) is 4.99. The lowest BCUT2D eigenvalue weighted by atomic mass is 10.1. The Morgan fingerprint density at radius 1 is 1.11 bits per heavy atom. The number of halogens is 1. The van der Waals surface area contributed by atoms with Crippen molar-refractivity contribution in [1.29, 1.82) is 0 Å². The van der Waals surface area contributed by atoms with E-state index in [0.717, 1.165) is 22.6 Å². The lowest BCUT2D eigenvalue weighted by Gasteiger charge is -2.09. The number of carbonyl (C=O) groups excluding carboxylic acids is 1. The molecular formula is C20H18ClN3O2S. The molecule has 0 bridgehead atoms. The number of carbonyl (C=O) groups is 1. The van der Waals surface area contributed by atoms with Gasteiger partial charge in [0.25, 0.3) is 0 Å². The maximum atomic E-state index is 12.2. The molecule has 0 aliphatic carbocycles. The Balaban J connectivity index is 1.58. The Morgan fingerprint density at radius 3 is 2.56 bits per heavy atom. The monoisotopic (exact) mass is 399 g/mol. The molecule has 0 radical (unpaired) electrons. The fraction of sp³-hybridized carbons (Fsp3) is 0.150. The molecule has 0 aliphatic rings. The fourth-order valence-corrected chi connectivity index (χ4v) is 3.17. The Kier molecular flexibility index (Phi) is 6.32. The maximum Gasteiger partial charge on any atom is 0.234 e. The number of aromatic nitrogens is 2. The molecule has 1 amide bonds. The quantitative estimate of drug-likeness (QED) is 0.600. The molecule has 0 saturated heterocycles. The minimum absolute atomic E-state index is 0.119. The zero-order chi connectivity index (χ0) is 19.2. The lowest BCUT2D eigenvalue weighted by Crippen LogP contribution is -2.15. The van der Waals surface area contributed by atoms with Crippen LogP contribution in [0.3, 0.4) is 0 Å². The van der Waals surface area contributed by atoms with Gasteiger partial charge in [-0.3, -0.25) is 4.79 Å². The molecule has 0 unspecified atom stereocenters. The molecule has 27 heavy (non-hydrogen) atoms. The van der Waals surface area contributed by atoms with Crippen LogP contribution in [0.5, 0.6) is 5.75 Å². The van der Waals surface area contributed by atoms with Crippen molar-refractivity contribution < 1.29 is 9.53 Å². The van der Waals surface area contributed by atoms with Gasteiger partial charge in [0, 0.05) is 16.3 Å². The van der Waals surface area contributed by atoms with E-state index in [1.807, 2.05) is 55.5 Å². The number of amides is 1. The van der Waals surface area contributed by atoms with Crippen molar-refractivity contribution in [2.45, 2.75) is 11.9 Å². The van der Waals surface area contributed by atoms with Crippen LogP contribution >= 0.6 is 23.4 Å². The third-order valence-electron chi connectivity index (χ3n) is 3.92. The molecule has 0 spiro atoms. The van der Waals surface area contributed by atoms with Crippen molar-refractivity contribution in [3.8, 4) is 17.0 Å². The summed E-state index contributed by atoms with van der Waals surface area (Å²) in [6.07, 6.45) is 0. The molecule has 1 N–H and O–H groups in total. The summed E-state index contributed by atoms with van der Waals surface area (Å²) in [6, 6.07) is 16.8. The van der Waals surface area contributed by atoms with Gasteiger partial charge in [0.1, 0.15) is 10.8 Å². The Bertz CT molecular complexity index is 931. The zero-order valence-electron chi connectivity index (χ0n) is 14.9. The third-order valence-corrected chi connectivity index (χ3v) is 5.25. The zero-order valence-corrected chi connectivity index (χ0v) is 16.5. The Labute approximate surface area is 167 Å². The van der Waals surface area contributed by atoms with Gasteiger partial charge in [-0.25, -0.2) is 0 Å². The molecular weight excluding hydrogens is 382 g/mol. The first-order valence-corrected chi connectivity index (χ1v) is 9.59. The first-order chi connectivity index (χ1) is 13.1. The molecule has 1 aromatic heterocycles. The Morgan fingerprint density at radius 2 is 1.89 bits per heavy atom. The van der Waals surface area contributed by atoms with E-state index in [1.165, 1.54) is 11.8 Å². The first-order valence-electron chi connectivity index (χ1n) is 8.23. The summed E-state index contributed by atoms with van der Waals surface area (Å²) in [4.78, 5) is 12.2. The molecule has 3 rings (SSSR count). The molecule has 0 aliphatic heterocycles. The molecule has 5 nitrogen and oxygen atoms in total. The van der Waals surface area contributed by atoms with Crippen molar-refractivity contribution in [1.82, 2.24) is 10.2 Å². The normalized spacial score (nSPS) is 10.5. The van der Waals surface area contributed by atoms with Gasteiger partial charge in [-0.15, -0.1) is 10.2 Å². The molecule has 138 valence electrons. The molecule has 0 atom stereocenters. The molecule has 1 heterocycles. The standard InChI is InChI=1S/C20H18ClN3O2S/c1-13-16(21)4-3-5-17(13)22-19(25)12-27-20-11-10-18(23-24-20)14-6-8-15(26-2)9-7-14/h3-11H,12H2,1-2H3,(H,22,25). The van der Waals surface area contributed by atoms with E-state index in [9.17, 15) is 4.79 Å². The van der Waals surface area contributed by atoms with E-state index in [1.54, 1.807) is 13.2 Å². The largest absolute Gasteiger partial charge is 0.497 e. The second-order valence-electron chi connectivity index (χ2n) is 5.73. The summed E-state index contributed by atoms with van der Waals surface area (Å²) in [7, 11) is 1.63. The summed E-state index contributed by atoms with van der Waals surface area (Å²) in [5.74, 6) is 0.911. The summed E-state index contributed by atoms with van der Waals surface area (Å²) in [5.41, 5.74) is 3.28. The van der Waals surface area contributed by atoms with Gasteiger partial charge in [0.15, 0.2) is 0 Å². The predicted octanol–water partition coefficient (Wildman–Crippen LogP) is 4.84. The van der Waals surface area contributed by atoms with Gasteiger partial charge in [0.2, 0.25) is 5.91 Å². The predicted molar refractivity (Wildman–Crippen MR) is 110 cm³/mol. The summed E-state index contributed by atoms with van der Waals surface area (Å²) in [6.45, 7) is 1.87. The van der Waals surface area contributed by atoms with E-state index < -0.39 is 0 Å². The molecule has 2 aromatic carbocycles. The van der Waals surface area contributed by atoms with Gasteiger partial charge in [-0.2, -0.15) is 0 Å². The molecule has 0 saturated carbocycles. The highest BCUT2D eigenvalue weighted by atomic mass is 35.5. The van der Waals surface area contributed by atoms with Gasteiger partial charge >= 0.3 is 0 Å². The van der Waals surface area contributed by atoms with Crippen molar-refractivity contribution in [3.05, 3.63) is 65.2 Å². The van der Waals surface area contributed by atoms with Gasteiger partial charge in [-0.1, -0.05) is 29.4 Å². The first kappa shape index (κ1) is 19.2. The number of hydrogen-bond donors (Lipinski definition) is 1. The Hall–Kier alpha value is -2.57. The average molecular weight is 400 g/mol. The van der Waals surface area contributed by atoms with Crippen LogP contribution in [0.2, 0.25) is 5.02 Å². The van der Waals surface area contributed by atoms with Gasteiger partial charge in [-0.05, 0) is 61.0 Å². The van der Waals surface area contributed by atoms with E-state index >= 15 is 0 Å². The van der Waals surface area contributed by atoms with E-state index in [0.29, 0.717) is 15.7 Å². The van der Waals surface area contributed by atoms with E-state index in [-0.39, 0.29) is 11.7 Å². The van der Waals surface area contributed by atoms with E-state index in [2.05, 4.69) is 15.5 Å². The van der Waals surface area contributed by atoms with Crippen molar-refractivity contribution in [2.24, 2.45) is 0 Å². The minimum atomic E-state index is -0.119. The molecule has 0 fully saturated rings. The van der Waals surface area contributed by atoms with Gasteiger partial charge in [0.05, 0.1) is 18.6 Å². The SMILES string of the molecule is COc1ccc(-c2ccc(SCC(=O)Nc3cccc(Cl)c3C)nn2)cc1. The van der Waals surface area contributed by atoms with Crippen LogP contribution in [0.15, 0.2) is 59.6 Å². The van der Waals surface area contributed by atoms with Crippen LogP contribution in [0.1, 0.15) is 5.56 Å². The van der Waals surface area contributed by atoms with Crippen LogP contribution in [0.25, 0.3) is 11.3 Å². The number of rotatable bonds is 6. The lowest BCUT2D eigenvalue weighted by molar-refractivity contribution is -0.113. The van der Waals surface area contributed by atoms with Crippen molar-refractivity contribution in [3.63, 3.8) is 0 Å². The van der Waals surface area contributed by atoms with Crippen molar-refractivity contribution >= 4 is 35.0 Å². The van der Waals surface area contributed by atoms with Gasteiger partial charge < -0.3 is 10.1 Å². The second kappa shape index (κ2) is 8.88.